The zero-order chi connectivity index (χ0) is 19.0. The van der Waals surface area contributed by atoms with Crippen LogP contribution in [0.5, 0.6) is 17.2 Å². The number of phenols is 1. The van der Waals surface area contributed by atoms with Gasteiger partial charge in [0.05, 0.1) is 13.7 Å². The molecule has 5 N–H and O–H groups in total. The molecule has 10 heteroatoms. The smallest absolute Gasteiger partial charge is 0.336 e. The Labute approximate surface area is 146 Å². The van der Waals surface area contributed by atoms with Gasteiger partial charge < -0.3 is 44.2 Å². The molecule has 1 fully saturated rings. The number of ether oxygens (including phenoxy) is 3. The maximum absolute atomic E-state index is 11.5. The lowest BCUT2D eigenvalue weighted by atomic mass is 9.99. The Hall–Kier alpha value is -2.37. The zero-order valence-corrected chi connectivity index (χ0v) is 13.6. The molecule has 10 nitrogen and oxygen atoms in total. The minimum Gasteiger partial charge on any atom is -0.502 e. The summed E-state index contributed by atoms with van der Waals surface area (Å²) in [5, 5.41) is 49.6. The topological polar surface area (TPSA) is 159 Å². The van der Waals surface area contributed by atoms with Crippen molar-refractivity contribution in [2.45, 2.75) is 30.7 Å². The van der Waals surface area contributed by atoms with Crippen molar-refractivity contribution in [3.63, 3.8) is 0 Å². The van der Waals surface area contributed by atoms with E-state index in [1.807, 2.05) is 0 Å². The fourth-order valence-electron chi connectivity index (χ4n) is 2.69. The summed E-state index contributed by atoms with van der Waals surface area (Å²) in [6.07, 6.45) is -7.72. The van der Waals surface area contributed by atoms with Crippen molar-refractivity contribution in [3.05, 3.63) is 28.6 Å². The first-order chi connectivity index (χ1) is 12.4. The van der Waals surface area contributed by atoms with E-state index in [1.54, 1.807) is 0 Å². The molecule has 2 heterocycles. The molecule has 1 aromatic heterocycles. The van der Waals surface area contributed by atoms with Gasteiger partial charge in [-0.2, -0.15) is 0 Å². The van der Waals surface area contributed by atoms with Crippen LogP contribution in [0.25, 0.3) is 11.0 Å². The quantitative estimate of drug-likeness (QED) is 0.409. The van der Waals surface area contributed by atoms with E-state index in [2.05, 4.69) is 0 Å². The van der Waals surface area contributed by atoms with Crippen LogP contribution in [0, 0.1) is 0 Å². The summed E-state index contributed by atoms with van der Waals surface area (Å²) in [5.74, 6) is -0.876. The molecule has 2 aromatic rings. The first-order valence-corrected chi connectivity index (χ1v) is 7.68. The van der Waals surface area contributed by atoms with Crippen LogP contribution >= 0.6 is 0 Å². The van der Waals surface area contributed by atoms with Crippen LogP contribution in [0.2, 0.25) is 0 Å². The number of hydrogen-bond donors (Lipinski definition) is 5. The van der Waals surface area contributed by atoms with E-state index >= 15 is 0 Å². The predicted molar refractivity (Wildman–Crippen MR) is 85.1 cm³/mol. The molecule has 0 aliphatic carbocycles. The average molecular weight is 370 g/mol. The number of methoxy groups -OCH3 is 1. The van der Waals surface area contributed by atoms with Gasteiger partial charge in [-0.15, -0.1) is 0 Å². The second-order valence-corrected chi connectivity index (χ2v) is 5.74. The molecular weight excluding hydrogens is 352 g/mol. The van der Waals surface area contributed by atoms with Crippen molar-refractivity contribution in [3.8, 4) is 17.2 Å². The molecule has 1 aromatic carbocycles. The fraction of sp³-hybridized carbons (Fsp3) is 0.438. The van der Waals surface area contributed by atoms with Gasteiger partial charge in [0.2, 0.25) is 17.8 Å². The van der Waals surface area contributed by atoms with Gasteiger partial charge in [-0.25, -0.2) is 4.79 Å². The average Bonchev–Trinajstić information content (AvgIpc) is 2.64. The Morgan fingerprint density at radius 1 is 1.15 bits per heavy atom. The fourth-order valence-corrected chi connectivity index (χ4v) is 2.69. The van der Waals surface area contributed by atoms with Gasteiger partial charge in [0.25, 0.3) is 0 Å². The normalized spacial score (nSPS) is 28.9. The SMILES string of the molecule is COc1cc2ccc(=O)oc2c(O[C@H]2O[C@H](CO)[C@@H](O)[C@@H](O)[C@@H]2O)c1O. The summed E-state index contributed by atoms with van der Waals surface area (Å²) < 4.78 is 20.8. The van der Waals surface area contributed by atoms with Crippen molar-refractivity contribution < 1.29 is 44.2 Å². The molecule has 1 aliphatic rings. The van der Waals surface area contributed by atoms with Gasteiger partial charge in [-0.05, 0) is 12.1 Å². The summed E-state index contributed by atoms with van der Waals surface area (Å²) in [6.45, 7) is -0.648. The molecule has 0 unspecified atom stereocenters. The number of aliphatic hydroxyl groups is 4. The van der Waals surface area contributed by atoms with Gasteiger partial charge in [0.1, 0.15) is 24.4 Å². The first-order valence-electron chi connectivity index (χ1n) is 7.68. The van der Waals surface area contributed by atoms with Crippen LogP contribution in [0.3, 0.4) is 0 Å². The first kappa shape index (κ1) is 18.4. The number of hydrogen-bond acceptors (Lipinski definition) is 10. The largest absolute Gasteiger partial charge is 0.502 e. The minimum absolute atomic E-state index is 0.00550. The summed E-state index contributed by atoms with van der Waals surface area (Å²) in [4.78, 5) is 11.5. The minimum atomic E-state index is -1.70. The lowest BCUT2D eigenvalue weighted by Gasteiger charge is -2.39. The molecule has 5 atom stereocenters. The third-order valence-electron chi connectivity index (χ3n) is 4.11. The molecule has 142 valence electrons. The number of phenolic OH excluding ortho intramolecular Hbond substituents is 1. The lowest BCUT2D eigenvalue weighted by molar-refractivity contribution is -0.277. The molecule has 1 saturated heterocycles. The Morgan fingerprint density at radius 2 is 1.88 bits per heavy atom. The third kappa shape index (κ3) is 3.08. The van der Waals surface area contributed by atoms with Crippen molar-refractivity contribution in [2.24, 2.45) is 0 Å². The molecule has 0 radical (unpaired) electrons. The van der Waals surface area contributed by atoms with E-state index in [4.69, 9.17) is 18.6 Å². The van der Waals surface area contributed by atoms with E-state index < -0.39 is 48.7 Å². The molecule has 1 aliphatic heterocycles. The van der Waals surface area contributed by atoms with Crippen molar-refractivity contribution in [2.75, 3.05) is 13.7 Å². The van der Waals surface area contributed by atoms with Crippen LogP contribution in [-0.2, 0) is 4.74 Å². The molecular formula is C16H18O10. The van der Waals surface area contributed by atoms with Gasteiger partial charge in [-0.3, -0.25) is 0 Å². The second kappa shape index (κ2) is 7.09. The number of aromatic hydroxyl groups is 1. The highest BCUT2D eigenvalue weighted by Gasteiger charge is 2.45. The van der Waals surface area contributed by atoms with Gasteiger partial charge >= 0.3 is 5.63 Å². The van der Waals surface area contributed by atoms with Crippen LogP contribution in [0.1, 0.15) is 0 Å². The van der Waals surface area contributed by atoms with Gasteiger partial charge in [0, 0.05) is 11.5 Å². The van der Waals surface area contributed by atoms with Gasteiger partial charge in [-0.1, -0.05) is 0 Å². The number of fused-ring (bicyclic) bond motifs is 1. The summed E-state index contributed by atoms with van der Waals surface area (Å²) >= 11 is 0. The molecule has 0 amide bonds. The van der Waals surface area contributed by atoms with E-state index in [0.717, 1.165) is 6.07 Å². The molecule has 0 saturated carbocycles. The highest BCUT2D eigenvalue weighted by molar-refractivity contribution is 5.87. The highest BCUT2D eigenvalue weighted by atomic mass is 16.7. The summed E-state index contributed by atoms with van der Waals surface area (Å²) in [5.41, 5.74) is -0.839. The summed E-state index contributed by atoms with van der Waals surface area (Å²) in [6, 6.07) is 3.99. The number of rotatable bonds is 4. The zero-order valence-electron chi connectivity index (χ0n) is 13.6. The van der Waals surface area contributed by atoms with Crippen LogP contribution in [0.15, 0.2) is 27.4 Å². The standard InChI is InChI=1S/C16H18O10/c1-23-7-4-6-2-3-9(18)25-14(6)15(11(7)20)26-16-13(22)12(21)10(19)8(5-17)24-16/h2-4,8,10,12-13,16-17,19-22H,5H2,1H3/t8-,10-,12-,13+,16-/m1/s1. The van der Waals surface area contributed by atoms with Crippen LogP contribution < -0.4 is 15.1 Å². The van der Waals surface area contributed by atoms with Crippen LogP contribution in [0.4, 0.5) is 0 Å². The molecule has 3 rings (SSSR count). The Kier molecular flexibility index (Phi) is 5.03. The Morgan fingerprint density at radius 3 is 2.54 bits per heavy atom. The predicted octanol–water partition coefficient (Wildman–Crippen LogP) is -1.31. The van der Waals surface area contributed by atoms with E-state index in [0.29, 0.717) is 5.39 Å². The molecule has 0 bridgehead atoms. The maximum atomic E-state index is 11.5. The highest BCUT2D eigenvalue weighted by Crippen LogP contribution is 2.43. The van der Waals surface area contributed by atoms with Crippen molar-refractivity contribution in [1.82, 2.24) is 0 Å². The van der Waals surface area contributed by atoms with Crippen molar-refractivity contribution in [1.29, 1.82) is 0 Å². The van der Waals surface area contributed by atoms with E-state index in [9.17, 15) is 30.3 Å². The Balaban J connectivity index is 2.06. The molecule has 0 spiro atoms. The van der Waals surface area contributed by atoms with Crippen molar-refractivity contribution >= 4 is 11.0 Å². The lowest BCUT2D eigenvalue weighted by Crippen LogP contribution is -2.60. The molecule has 26 heavy (non-hydrogen) atoms. The van der Waals surface area contributed by atoms with E-state index in [-0.39, 0.29) is 17.1 Å². The summed E-state index contributed by atoms with van der Waals surface area (Å²) in [7, 11) is 1.30. The monoisotopic (exact) mass is 370 g/mol. The second-order valence-electron chi connectivity index (χ2n) is 5.74. The van der Waals surface area contributed by atoms with Gasteiger partial charge in [0.15, 0.2) is 11.3 Å². The third-order valence-corrected chi connectivity index (χ3v) is 4.11. The van der Waals surface area contributed by atoms with E-state index in [1.165, 1.54) is 19.2 Å². The number of benzene rings is 1. The maximum Gasteiger partial charge on any atom is 0.336 e. The number of aliphatic hydroxyl groups excluding tert-OH is 4. The van der Waals surface area contributed by atoms with Crippen LogP contribution in [-0.4, -0.2) is 70.0 Å². The Bertz CT molecular complexity index is 845.